The van der Waals surface area contributed by atoms with Crippen molar-refractivity contribution in [3.05, 3.63) is 23.3 Å². The molecule has 0 aliphatic carbocycles. The van der Waals surface area contributed by atoms with Crippen molar-refractivity contribution in [2.45, 2.75) is 32.1 Å². The van der Waals surface area contributed by atoms with E-state index in [-0.39, 0.29) is 23.5 Å². The number of ether oxygens (including phenoxy) is 2. The van der Waals surface area contributed by atoms with Gasteiger partial charge in [-0.15, -0.1) is 0 Å². The third-order valence-electron chi connectivity index (χ3n) is 3.11. The zero-order chi connectivity index (χ0) is 15.5. The van der Waals surface area contributed by atoms with Crippen LogP contribution in [0, 0.1) is 0 Å². The van der Waals surface area contributed by atoms with Gasteiger partial charge in [0.2, 0.25) is 0 Å². The number of hydrogen-bond acceptors (Lipinski definition) is 3. The maximum atomic E-state index is 12.9. The topological polar surface area (TPSA) is 55.8 Å². The van der Waals surface area contributed by atoms with E-state index in [4.69, 9.17) is 14.6 Å². The number of aliphatic carboxylic acids is 1. The molecular weight excluding hydrogens is 270 g/mol. The van der Waals surface area contributed by atoms with Gasteiger partial charge >= 0.3 is 5.97 Å². The normalized spacial score (nSPS) is 11.6. The van der Waals surface area contributed by atoms with Crippen molar-refractivity contribution >= 4 is 5.97 Å². The van der Waals surface area contributed by atoms with Crippen molar-refractivity contribution in [3.8, 4) is 11.5 Å². The Morgan fingerprint density at radius 3 is 2.20 bits per heavy atom. The number of hydrogen-bond donors (Lipinski definition) is 1. The largest absolute Gasteiger partial charge is 0.496 e. The molecule has 0 aromatic heterocycles. The molecule has 1 rings (SSSR count). The molecule has 0 saturated heterocycles. The summed E-state index contributed by atoms with van der Waals surface area (Å²) in [6.07, 6.45) is -2.85. The third kappa shape index (κ3) is 3.37. The van der Waals surface area contributed by atoms with Gasteiger partial charge < -0.3 is 14.6 Å². The zero-order valence-electron chi connectivity index (χ0n) is 11.9. The maximum Gasteiger partial charge on any atom is 0.304 e. The molecule has 0 spiro atoms. The summed E-state index contributed by atoms with van der Waals surface area (Å²) < 4.78 is 36.0. The van der Waals surface area contributed by atoms with E-state index < -0.39 is 17.8 Å². The molecule has 0 amide bonds. The molecule has 0 aliphatic heterocycles. The lowest BCUT2D eigenvalue weighted by molar-refractivity contribution is -0.138. The van der Waals surface area contributed by atoms with E-state index in [1.165, 1.54) is 26.4 Å². The van der Waals surface area contributed by atoms with Gasteiger partial charge in [0.05, 0.1) is 26.2 Å². The molecule has 0 unspecified atom stereocenters. The second-order valence-electron chi connectivity index (χ2n) is 5.05. The van der Waals surface area contributed by atoms with Gasteiger partial charge in [-0.2, -0.15) is 0 Å². The second kappa shape index (κ2) is 6.07. The minimum Gasteiger partial charge on any atom is -0.496 e. The highest BCUT2D eigenvalue weighted by molar-refractivity contribution is 5.69. The first-order valence-electron chi connectivity index (χ1n) is 5.99. The number of carboxylic acids is 1. The fraction of sp³-hybridized carbons (Fsp3) is 0.500. The lowest BCUT2D eigenvalue weighted by atomic mass is 9.80. The van der Waals surface area contributed by atoms with Crippen LogP contribution in [0.5, 0.6) is 11.5 Å². The van der Waals surface area contributed by atoms with Gasteiger partial charge in [-0.05, 0) is 12.1 Å². The van der Waals surface area contributed by atoms with Crippen LogP contribution < -0.4 is 9.47 Å². The van der Waals surface area contributed by atoms with E-state index in [1.54, 1.807) is 13.8 Å². The zero-order valence-corrected chi connectivity index (χ0v) is 11.9. The molecule has 0 saturated carbocycles. The van der Waals surface area contributed by atoms with Crippen LogP contribution in [-0.4, -0.2) is 25.3 Å². The molecule has 1 N–H and O–H groups in total. The summed E-state index contributed by atoms with van der Waals surface area (Å²) in [5, 5.41) is 8.95. The monoisotopic (exact) mass is 288 g/mol. The highest BCUT2D eigenvalue weighted by atomic mass is 19.3. The highest BCUT2D eigenvalue weighted by Crippen LogP contribution is 2.41. The SMILES string of the molecule is COc1cc(C(C)(C)CC(=O)O)c(OC)cc1C(F)F. The van der Waals surface area contributed by atoms with E-state index in [0.717, 1.165) is 0 Å². The van der Waals surface area contributed by atoms with Crippen molar-refractivity contribution in [1.82, 2.24) is 0 Å². The van der Waals surface area contributed by atoms with Crippen molar-refractivity contribution in [1.29, 1.82) is 0 Å². The van der Waals surface area contributed by atoms with Gasteiger partial charge in [-0.25, -0.2) is 8.78 Å². The Kier molecular flexibility index (Phi) is 4.92. The van der Waals surface area contributed by atoms with Crippen molar-refractivity contribution in [2.75, 3.05) is 14.2 Å². The van der Waals surface area contributed by atoms with Crippen LogP contribution in [0.1, 0.15) is 37.8 Å². The van der Waals surface area contributed by atoms with Gasteiger partial charge in [0.15, 0.2) is 0 Å². The first-order valence-corrected chi connectivity index (χ1v) is 5.99. The van der Waals surface area contributed by atoms with Crippen molar-refractivity contribution in [2.24, 2.45) is 0 Å². The van der Waals surface area contributed by atoms with E-state index in [2.05, 4.69) is 0 Å². The first kappa shape index (κ1) is 16.2. The number of halogens is 2. The van der Waals surface area contributed by atoms with E-state index in [9.17, 15) is 13.6 Å². The summed E-state index contributed by atoms with van der Waals surface area (Å²) in [4.78, 5) is 10.9. The molecule has 112 valence electrons. The highest BCUT2D eigenvalue weighted by Gasteiger charge is 2.30. The molecule has 6 heteroatoms. The maximum absolute atomic E-state index is 12.9. The number of alkyl halides is 2. The van der Waals surface area contributed by atoms with Crippen LogP contribution in [0.4, 0.5) is 8.78 Å². The summed E-state index contributed by atoms with van der Waals surface area (Å²) in [7, 11) is 2.65. The minimum absolute atomic E-state index is 0.0225. The molecule has 0 bridgehead atoms. The molecule has 1 aromatic carbocycles. The molecule has 20 heavy (non-hydrogen) atoms. The molecule has 1 aromatic rings. The molecule has 0 radical (unpaired) electrons. The molecule has 0 heterocycles. The van der Waals surface area contributed by atoms with E-state index >= 15 is 0 Å². The summed E-state index contributed by atoms with van der Waals surface area (Å²) in [5.41, 5.74) is -0.534. The Hall–Kier alpha value is -1.85. The lowest BCUT2D eigenvalue weighted by Crippen LogP contribution is -2.22. The fourth-order valence-corrected chi connectivity index (χ4v) is 2.09. The van der Waals surface area contributed by atoms with Crippen LogP contribution in [-0.2, 0) is 10.2 Å². The number of carboxylic acid groups (broad SMARTS) is 1. The molecule has 0 atom stereocenters. The Balaban J connectivity index is 3.42. The Labute approximate surface area is 116 Å². The van der Waals surface area contributed by atoms with Crippen LogP contribution in [0.25, 0.3) is 0 Å². The van der Waals surface area contributed by atoms with Crippen LogP contribution in [0.3, 0.4) is 0 Å². The molecule has 0 fully saturated rings. The standard InChI is InChI=1S/C14H18F2O4/c1-14(2,7-12(17)18)9-6-10(19-3)8(13(15)16)5-11(9)20-4/h5-6,13H,7H2,1-4H3,(H,17,18). The van der Waals surface area contributed by atoms with E-state index in [0.29, 0.717) is 5.56 Å². The van der Waals surface area contributed by atoms with Crippen LogP contribution >= 0.6 is 0 Å². The smallest absolute Gasteiger partial charge is 0.304 e. The predicted molar refractivity (Wildman–Crippen MR) is 69.8 cm³/mol. The van der Waals surface area contributed by atoms with Crippen LogP contribution in [0.15, 0.2) is 12.1 Å². The van der Waals surface area contributed by atoms with Crippen LogP contribution in [0.2, 0.25) is 0 Å². The minimum atomic E-state index is -2.70. The fourth-order valence-electron chi connectivity index (χ4n) is 2.09. The molecule has 4 nitrogen and oxygen atoms in total. The average molecular weight is 288 g/mol. The summed E-state index contributed by atoms with van der Waals surface area (Å²) in [6.45, 7) is 3.42. The van der Waals surface area contributed by atoms with E-state index in [1.807, 2.05) is 0 Å². The second-order valence-corrected chi connectivity index (χ2v) is 5.05. The van der Waals surface area contributed by atoms with Crippen molar-refractivity contribution in [3.63, 3.8) is 0 Å². The average Bonchev–Trinajstić information content (AvgIpc) is 2.35. The Morgan fingerprint density at radius 1 is 1.25 bits per heavy atom. The first-order chi connectivity index (χ1) is 9.22. The number of rotatable bonds is 6. The van der Waals surface area contributed by atoms with Gasteiger partial charge in [0, 0.05) is 11.0 Å². The van der Waals surface area contributed by atoms with Gasteiger partial charge in [-0.3, -0.25) is 4.79 Å². The Bertz CT molecular complexity index is 498. The summed E-state index contributed by atoms with van der Waals surface area (Å²) >= 11 is 0. The molecular formula is C14H18F2O4. The third-order valence-corrected chi connectivity index (χ3v) is 3.11. The predicted octanol–water partition coefficient (Wildman–Crippen LogP) is 3.39. The van der Waals surface area contributed by atoms with Gasteiger partial charge in [0.1, 0.15) is 11.5 Å². The number of carbonyl (C=O) groups is 1. The van der Waals surface area contributed by atoms with Gasteiger partial charge in [0.25, 0.3) is 6.43 Å². The lowest BCUT2D eigenvalue weighted by Gasteiger charge is -2.26. The molecule has 0 aliphatic rings. The Morgan fingerprint density at radius 2 is 1.80 bits per heavy atom. The summed E-state index contributed by atoms with van der Waals surface area (Å²) in [6, 6.07) is 2.62. The summed E-state index contributed by atoms with van der Waals surface area (Å²) in [5.74, 6) is -0.726. The number of methoxy groups -OCH3 is 2. The number of benzene rings is 1. The van der Waals surface area contributed by atoms with Gasteiger partial charge in [-0.1, -0.05) is 13.8 Å². The quantitative estimate of drug-likeness (QED) is 0.871. The van der Waals surface area contributed by atoms with Crippen molar-refractivity contribution < 1.29 is 28.2 Å².